The van der Waals surface area contributed by atoms with Crippen LogP contribution >= 0.6 is 11.6 Å². The van der Waals surface area contributed by atoms with Crippen molar-refractivity contribution in [3.05, 3.63) is 76.8 Å². The molecule has 2 saturated carbocycles. The highest BCUT2D eigenvalue weighted by atomic mass is 35.5. The van der Waals surface area contributed by atoms with E-state index in [1.165, 1.54) is 0 Å². The molecule has 0 unspecified atom stereocenters. The van der Waals surface area contributed by atoms with Crippen LogP contribution in [0.5, 0.6) is 5.75 Å². The molecule has 3 fully saturated rings. The maximum atomic E-state index is 13.0. The molecule has 0 N–H and O–H groups in total. The van der Waals surface area contributed by atoms with Gasteiger partial charge in [-0.15, -0.1) is 0 Å². The van der Waals surface area contributed by atoms with Crippen LogP contribution in [0.15, 0.2) is 65.8 Å². The zero-order valence-corrected chi connectivity index (χ0v) is 17.5. The number of imide groups is 1. The fraction of sp³-hybridized carbons (Fsp3) is 0.320. The first kappa shape index (κ1) is 18.8. The number of hydrazone groups is 1. The molecule has 7 rings (SSSR count). The summed E-state index contributed by atoms with van der Waals surface area (Å²) in [5.41, 5.74) is 1.72. The summed E-state index contributed by atoms with van der Waals surface area (Å²) in [5.74, 6) is 1.60. The molecule has 2 bridgehead atoms. The summed E-state index contributed by atoms with van der Waals surface area (Å²) in [6.45, 7) is 0.380. The first-order chi connectivity index (χ1) is 15.1. The van der Waals surface area contributed by atoms with Gasteiger partial charge in [-0.25, -0.2) is 0 Å². The molecule has 1 aliphatic heterocycles. The van der Waals surface area contributed by atoms with Gasteiger partial charge in [-0.2, -0.15) is 10.1 Å². The van der Waals surface area contributed by atoms with E-state index in [1.807, 2.05) is 48.5 Å². The fourth-order valence-electron chi connectivity index (χ4n) is 5.61. The Morgan fingerprint density at radius 1 is 0.968 bits per heavy atom. The monoisotopic (exact) mass is 432 g/mol. The van der Waals surface area contributed by atoms with Gasteiger partial charge < -0.3 is 4.74 Å². The molecule has 2 amide bonds. The molecule has 156 valence electrons. The highest BCUT2D eigenvalue weighted by molar-refractivity contribution is 6.31. The molecular weight excluding hydrogens is 412 g/mol. The summed E-state index contributed by atoms with van der Waals surface area (Å²) in [7, 11) is 0. The lowest BCUT2D eigenvalue weighted by Gasteiger charge is -2.37. The van der Waals surface area contributed by atoms with Crippen molar-refractivity contribution in [1.82, 2.24) is 5.01 Å². The standard InChI is InChI=1S/C25H21ClN2O3/c26-21-4-2-1-3-15(21)13-31-16-7-5-14(6-8-16)12-27-28-24(29)22-17-9-10-18(20-11-19(17)20)23(22)25(28)30/h1-10,12,17-20,22-23H,11,13H2/b27-12-/t17-,18-,19-,20-,22+,23+/m0/s1. The Morgan fingerprint density at radius 3 is 2.26 bits per heavy atom. The van der Waals surface area contributed by atoms with Gasteiger partial charge in [0.2, 0.25) is 0 Å². The largest absolute Gasteiger partial charge is 0.489 e. The smallest absolute Gasteiger partial charge is 0.254 e. The van der Waals surface area contributed by atoms with Crippen LogP contribution in [0, 0.1) is 35.5 Å². The van der Waals surface area contributed by atoms with Crippen LogP contribution in [0.25, 0.3) is 0 Å². The lowest BCUT2D eigenvalue weighted by molar-refractivity contribution is -0.140. The second-order valence-electron chi connectivity index (χ2n) is 8.84. The molecule has 4 aliphatic carbocycles. The molecule has 1 heterocycles. The zero-order chi connectivity index (χ0) is 21.1. The second-order valence-corrected chi connectivity index (χ2v) is 9.24. The number of benzene rings is 2. The molecule has 2 aromatic rings. The topological polar surface area (TPSA) is 59.0 Å². The van der Waals surface area contributed by atoms with Gasteiger partial charge in [0.05, 0.1) is 18.1 Å². The SMILES string of the molecule is O=C1[C@@H]2[C@H]3C=C[C@@H]([C@@H]4C[C@@H]34)[C@H]2C(=O)N1/N=C\c1ccc(OCc2ccccc2Cl)cc1. The van der Waals surface area contributed by atoms with Crippen LogP contribution in [0.1, 0.15) is 17.5 Å². The van der Waals surface area contributed by atoms with E-state index in [0.717, 1.165) is 22.6 Å². The molecule has 6 atom stereocenters. The van der Waals surface area contributed by atoms with Crippen LogP contribution in [-0.4, -0.2) is 23.0 Å². The number of allylic oxidation sites excluding steroid dienone is 2. The van der Waals surface area contributed by atoms with Crippen LogP contribution in [0.4, 0.5) is 0 Å². The average Bonchev–Trinajstić information content (AvgIpc) is 3.57. The quantitative estimate of drug-likeness (QED) is 0.402. The minimum absolute atomic E-state index is 0.143. The third-order valence-electron chi connectivity index (χ3n) is 7.19. The van der Waals surface area contributed by atoms with Gasteiger partial charge in [-0.1, -0.05) is 42.0 Å². The van der Waals surface area contributed by atoms with Crippen LogP contribution in [0.3, 0.4) is 0 Å². The molecule has 6 heteroatoms. The van der Waals surface area contributed by atoms with Crippen molar-refractivity contribution in [2.75, 3.05) is 0 Å². The summed E-state index contributed by atoms with van der Waals surface area (Å²) in [5, 5.41) is 6.05. The Balaban J connectivity index is 1.13. The molecule has 31 heavy (non-hydrogen) atoms. The van der Waals surface area contributed by atoms with E-state index in [9.17, 15) is 9.59 Å². The summed E-state index contributed by atoms with van der Waals surface area (Å²) >= 11 is 6.16. The lowest BCUT2D eigenvalue weighted by Crippen LogP contribution is -2.40. The molecule has 1 saturated heterocycles. The first-order valence-corrected chi connectivity index (χ1v) is 11.1. The van der Waals surface area contributed by atoms with E-state index in [0.29, 0.717) is 29.2 Å². The van der Waals surface area contributed by atoms with Gasteiger partial charge in [0.15, 0.2) is 0 Å². The van der Waals surface area contributed by atoms with Gasteiger partial charge in [0.1, 0.15) is 12.4 Å². The Hall–Kier alpha value is -2.92. The van der Waals surface area contributed by atoms with Crippen molar-refractivity contribution in [3.63, 3.8) is 0 Å². The van der Waals surface area contributed by atoms with E-state index >= 15 is 0 Å². The summed E-state index contributed by atoms with van der Waals surface area (Å²) in [6, 6.07) is 14.9. The van der Waals surface area contributed by atoms with Crippen molar-refractivity contribution < 1.29 is 14.3 Å². The molecule has 5 aliphatic rings. The minimum Gasteiger partial charge on any atom is -0.489 e. The molecule has 2 aromatic carbocycles. The molecular formula is C25H21ClN2O3. The molecule has 0 aromatic heterocycles. The van der Waals surface area contributed by atoms with Crippen molar-refractivity contribution in [3.8, 4) is 5.75 Å². The lowest BCUT2D eigenvalue weighted by atomic mass is 9.63. The van der Waals surface area contributed by atoms with E-state index in [4.69, 9.17) is 16.3 Å². The normalized spacial score (nSPS) is 32.5. The number of rotatable bonds is 5. The average molecular weight is 433 g/mol. The van der Waals surface area contributed by atoms with Gasteiger partial charge >= 0.3 is 0 Å². The number of halogens is 1. The van der Waals surface area contributed by atoms with Crippen molar-refractivity contribution in [2.24, 2.45) is 40.6 Å². The minimum atomic E-state index is -0.219. The van der Waals surface area contributed by atoms with Crippen molar-refractivity contribution in [1.29, 1.82) is 0 Å². The zero-order valence-electron chi connectivity index (χ0n) is 16.7. The Bertz CT molecular complexity index is 1090. The van der Waals surface area contributed by atoms with Gasteiger partial charge in [-0.3, -0.25) is 9.59 Å². The molecule has 0 spiro atoms. The third kappa shape index (κ3) is 3.02. The van der Waals surface area contributed by atoms with E-state index in [-0.39, 0.29) is 35.5 Å². The number of amides is 2. The van der Waals surface area contributed by atoms with Gasteiger partial charge in [0.25, 0.3) is 11.8 Å². The van der Waals surface area contributed by atoms with Gasteiger partial charge in [0, 0.05) is 10.6 Å². The maximum Gasteiger partial charge on any atom is 0.254 e. The molecule has 5 nitrogen and oxygen atoms in total. The number of hydrogen-bond donors (Lipinski definition) is 0. The number of hydrogen-bond acceptors (Lipinski definition) is 4. The van der Waals surface area contributed by atoms with E-state index in [1.54, 1.807) is 6.21 Å². The van der Waals surface area contributed by atoms with E-state index < -0.39 is 0 Å². The fourth-order valence-corrected chi connectivity index (χ4v) is 5.80. The van der Waals surface area contributed by atoms with Crippen LogP contribution < -0.4 is 4.74 Å². The Kier molecular flexibility index (Phi) is 4.29. The van der Waals surface area contributed by atoms with E-state index in [2.05, 4.69) is 17.3 Å². The number of nitrogens with zero attached hydrogens (tertiary/aromatic N) is 2. The Labute approximate surface area is 185 Å². The first-order valence-electron chi connectivity index (χ1n) is 10.7. The van der Waals surface area contributed by atoms with Gasteiger partial charge in [-0.05, 0) is 66.0 Å². The van der Waals surface area contributed by atoms with Crippen LogP contribution in [0.2, 0.25) is 5.02 Å². The molecule has 0 radical (unpaired) electrons. The summed E-state index contributed by atoms with van der Waals surface area (Å²) in [4.78, 5) is 25.9. The predicted octanol–water partition coefficient (Wildman–Crippen LogP) is 4.31. The number of carbonyl (C=O) groups is 2. The van der Waals surface area contributed by atoms with Crippen molar-refractivity contribution >= 4 is 29.6 Å². The second kappa shape index (κ2) is 7.06. The predicted molar refractivity (Wildman–Crippen MR) is 116 cm³/mol. The summed E-state index contributed by atoms with van der Waals surface area (Å²) < 4.78 is 5.79. The van der Waals surface area contributed by atoms with Crippen LogP contribution in [-0.2, 0) is 16.2 Å². The third-order valence-corrected chi connectivity index (χ3v) is 7.56. The number of carbonyl (C=O) groups excluding carboxylic acids is 2. The highest BCUT2D eigenvalue weighted by Gasteiger charge is 2.67. The Morgan fingerprint density at radius 2 is 1.61 bits per heavy atom. The summed E-state index contributed by atoms with van der Waals surface area (Å²) in [6.07, 6.45) is 7.06. The maximum absolute atomic E-state index is 13.0. The van der Waals surface area contributed by atoms with Crippen molar-refractivity contribution in [2.45, 2.75) is 13.0 Å². The highest BCUT2D eigenvalue weighted by Crippen LogP contribution is 2.65. The number of ether oxygens (including phenoxy) is 1.